The minimum atomic E-state index is 0.260. The van der Waals surface area contributed by atoms with E-state index in [4.69, 9.17) is 10.5 Å². The molecule has 0 aliphatic rings. The van der Waals surface area contributed by atoms with Crippen LogP contribution in [0.25, 0.3) is 0 Å². The molecule has 0 amide bonds. The zero-order valence-corrected chi connectivity index (χ0v) is 9.96. The largest absolute Gasteiger partial charge is 0.376 e. The number of hydrogen-bond acceptors (Lipinski definition) is 3. The van der Waals surface area contributed by atoms with Crippen LogP contribution in [0.2, 0.25) is 0 Å². The van der Waals surface area contributed by atoms with Gasteiger partial charge in [-0.1, -0.05) is 27.2 Å². The van der Waals surface area contributed by atoms with Crippen molar-refractivity contribution in [2.24, 2.45) is 5.73 Å². The van der Waals surface area contributed by atoms with Gasteiger partial charge in [0.2, 0.25) is 0 Å². The van der Waals surface area contributed by atoms with Gasteiger partial charge in [-0.05, 0) is 19.5 Å². The molecule has 0 aliphatic carbocycles. The Morgan fingerprint density at radius 2 is 1.86 bits per heavy atom. The second-order valence-electron chi connectivity index (χ2n) is 3.54. The average molecular weight is 202 g/mol. The summed E-state index contributed by atoms with van der Waals surface area (Å²) in [7, 11) is 0. The first-order valence-electron chi connectivity index (χ1n) is 5.82. The molecule has 0 saturated carbocycles. The van der Waals surface area contributed by atoms with Crippen molar-refractivity contribution < 1.29 is 4.74 Å². The number of rotatable bonds is 9. The molecule has 0 saturated heterocycles. The van der Waals surface area contributed by atoms with Crippen LogP contribution in [-0.4, -0.2) is 43.8 Å². The van der Waals surface area contributed by atoms with Gasteiger partial charge in [-0.25, -0.2) is 0 Å². The van der Waals surface area contributed by atoms with Crippen LogP contribution in [0.4, 0.5) is 0 Å². The maximum Gasteiger partial charge on any atom is 0.0697 e. The highest BCUT2D eigenvalue weighted by Gasteiger charge is 2.06. The van der Waals surface area contributed by atoms with Crippen molar-refractivity contribution in [1.29, 1.82) is 0 Å². The molecule has 86 valence electrons. The van der Waals surface area contributed by atoms with Gasteiger partial charge in [0.05, 0.1) is 12.7 Å². The Kier molecular flexibility index (Phi) is 9.35. The SMILES string of the molecule is CCCC(CN)OCCN(CC)CC. The van der Waals surface area contributed by atoms with Crippen LogP contribution >= 0.6 is 0 Å². The van der Waals surface area contributed by atoms with E-state index in [0.717, 1.165) is 39.1 Å². The third-order valence-electron chi connectivity index (χ3n) is 2.53. The highest BCUT2D eigenvalue weighted by Crippen LogP contribution is 2.00. The first kappa shape index (κ1) is 13.9. The number of ether oxygens (including phenoxy) is 1. The van der Waals surface area contributed by atoms with Crippen LogP contribution in [0.15, 0.2) is 0 Å². The van der Waals surface area contributed by atoms with Crippen molar-refractivity contribution >= 4 is 0 Å². The molecule has 0 aromatic heterocycles. The smallest absolute Gasteiger partial charge is 0.0697 e. The minimum absolute atomic E-state index is 0.260. The molecule has 0 rings (SSSR count). The van der Waals surface area contributed by atoms with E-state index in [9.17, 15) is 0 Å². The third kappa shape index (κ3) is 6.35. The van der Waals surface area contributed by atoms with Crippen LogP contribution in [0.3, 0.4) is 0 Å². The molecule has 0 fully saturated rings. The molecule has 3 heteroatoms. The van der Waals surface area contributed by atoms with Crippen LogP contribution in [0, 0.1) is 0 Å². The van der Waals surface area contributed by atoms with E-state index >= 15 is 0 Å². The van der Waals surface area contributed by atoms with Gasteiger partial charge in [-0.3, -0.25) is 0 Å². The Morgan fingerprint density at radius 3 is 2.29 bits per heavy atom. The van der Waals surface area contributed by atoms with Crippen molar-refractivity contribution in [1.82, 2.24) is 4.90 Å². The van der Waals surface area contributed by atoms with E-state index in [1.165, 1.54) is 0 Å². The molecule has 3 nitrogen and oxygen atoms in total. The van der Waals surface area contributed by atoms with Gasteiger partial charge in [0.1, 0.15) is 0 Å². The number of likely N-dealkylation sites (N-methyl/N-ethyl adjacent to an activating group) is 1. The Hall–Kier alpha value is -0.120. The maximum atomic E-state index is 5.70. The maximum absolute atomic E-state index is 5.70. The van der Waals surface area contributed by atoms with E-state index < -0.39 is 0 Å². The van der Waals surface area contributed by atoms with E-state index in [-0.39, 0.29) is 6.10 Å². The normalized spacial score (nSPS) is 13.5. The van der Waals surface area contributed by atoms with Crippen LogP contribution < -0.4 is 5.73 Å². The molecule has 0 spiro atoms. The lowest BCUT2D eigenvalue weighted by atomic mass is 10.2. The lowest BCUT2D eigenvalue weighted by molar-refractivity contribution is 0.0388. The van der Waals surface area contributed by atoms with Crippen LogP contribution in [0.5, 0.6) is 0 Å². The lowest BCUT2D eigenvalue weighted by Crippen LogP contribution is -2.31. The van der Waals surface area contributed by atoms with Gasteiger partial charge in [0, 0.05) is 13.1 Å². The van der Waals surface area contributed by atoms with Crippen LogP contribution in [-0.2, 0) is 4.74 Å². The first-order chi connectivity index (χ1) is 6.78. The van der Waals surface area contributed by atoms with Crippen molar-refractivity contribution in [2.75, 3.05) is 32.8 Å². The van der Waals surface area contributed by atoms with Gasteiger partial charge < -0.3 is 15.4 Å². The van der Waals surface area contributed by atoms with Gasteiger partial charge >= 0.3 is 0 Å². The monoisotopic (exact) mass is 202 g/mol. The molecular weight excluding hydrogens is 176 g/mol. The van der Waals surface area contributed by atoms with E-state index in [1.54, 1.807) is 0 Å². The van der Waals surface area contributed by atoms with E-state index in [2.05, 4.69) is 25.7 Å². The van der Waals surface area contributed by atoms with Gasteiger partial charge in [0.25, 0.3) is 0 Å². The summed E-state index contributed by atoms with van der Waals surface area (Å²) in [6, 6.07) is 0. The predicted octanol–water partition coefficient (Wildman–Crippen LogP) is 1.47. The highest BCUT2D eigenvalue weighted by atomic mass is 16.5. The number of nitrogens with two attached hydrogens (primary N) is 1. The summed E-state index contributed by atoms with van der Waals surface area (Å²) in [6.45, 7) is 11.2. The molecule has 0 heterocycles. The zero-order chi connectivity index (χ0) is 10.8. The van der Waals surface area contributed by atoms with Gasteiger partial charge in [0.15, 0.2) is 0 Å². The molecular formula is C11H26N2O. The summed E-state index contributed by atoms with van der Waals surface area (Å²) in [5.74, 6) is 0. The van der Waals surface area contributed by atoms with Crippen molar-refractivity contribution in [3.05, 3.63) is 0 Å². The molecule has 0 aromatic rings. The molecule has 0 aliphatic heterocycles. The summed E-state index contributed by atoms with van der Waals surface area (Å²) in [5.41, 5.74) is 5.60. The van der Waals surface area contributed by atoms with Crippen LogP contribution in [0.1, 0.15) is 33.6 Å². The molecule has 0 aromatic carbocycles. The summed E-state index contributed by atoms with van der Waals surface area (Å²) >= 11 is 0. The van der Waals surface area contributed by atoms with Crippen molar-refractivity contribution in [2.45, 2.75) is 39.7 Å². The number of nitrogens with zero attached hydrogens (tertiary/aromatic N) is 1. The van der Waals surface area contributed by atoms with E-state index in [0.29, 0.717) is 6.54 Å². The molecule has 1 unspecified atom stereocenters. The third-order valence-corrected chi connectivity index (χ3v) is 2.53. The Labute approximate surface area is 88.6 Å². The van der Waals surface area contributed by atoms with Crippen molar-refractivity contribution in [3.63, 3.8) is 0 Å². The molecule has 0 bridgehead atoms. The van der Waals surface area contributed by atoms with E-state index in [1.807, 2.05) is 0 Å². The Bertz CT molecular complexity index is 116. The standard InChI is InChI=1S/C11H26N2O/c1-4-7-11(10-12)14-9-8-13(5-2)6-3/h11H,4-10,12H2,1-3H3. The molecule has 0 radical (unpaired) electrons. The summed E-state index contributed by atoms with van der Waals surface area (Å²) in [6.07, 6.45) is 2.48. The topological polar surface area (TPSA) is 38.5 Å². The fourth-order valence-corrected chi connectivity index (χ4v) is 1.48. The quantitative estimate of drug-likeness (QED) is 0.615. The van der Waals surface area contributed by atoms with Crippen molar-refractivity contribution in [3.8, 4) is 0 Å². The second kappa shape index (κ2) is 9.44. The fraction of sp³-hybridized carbons (Fsp3) is 1.00. The summed E-state index contributed by atoms with van der Waals surface area (Å²) in [4.78, 5) is 2.36. The highest BCUT2D eigenvalue weighted by molar-refractivity contribution is 4.58. The second-order valence-corrected chi connectivity index (χ2v) is 3.54. The first-order valence-corrected chi connectivity index (χ1v) is 5.82. The Morgan fingerprint density at radius 1 is 1.21 bits per heavy atom. The Balaban J connectivity index is 3.48. The zero-order valence-electron chi connectivity index (χ0n) is 9.96. The van der Waals surface area contributed by atoms with Gasteiger partial charge in [-0.15, -0.1) is 0 Å². The summed E-state index contributed by atoms with van der Waals surface area (Å²) < 4.78 is 5.70. The molecule has 14 heavy (non-hydrogen) atoms. The predicted molar refractivity (Wildman–Crippen MR) is 61.5 cm³/mol. The molecule has 2 N–H and O–H groups in total. The lowest BCUT2D eigenvalue weighted by Gasteiger charge is -2.20. The fourth-order valence-electron chi connectivity index (χ4n) is 1.48. The summed E-state index contributed by atoms with van der Waals surface area (Å²) in [5, 5.41) is 0. The van der Waals surface area contributed by atoms with Gasteiger partial charge in [-0.2, -0.15) is 0 Å². The average Bonchev–Trinajstić information content (AvgIpc) is 2.23. The molecule has 1 atom stereocenters. The number of hydrogen-bond donors (Lipinski definition) is 1. The minimum Gasteiger partial charge on any atom is -0.376 e.